The molecule has 0 aliphatic carbocycles. The Labute approximate surface area is 182 Å². The van der Waals surface area contributed by atoms with Crippen molar-refractivity contribution in [2.24, 2.45) is 12.2 Å². The Morgan fingerprint density at radius 3 is 2.45 bits per heavy atom. The number of nitrogens with two attached hydrogens (primary N) is 1. The zero-order chi connectivity index (χ0) is 23.1. The lowest BCUT2D eigenvalue weighted by molar-refractivity contribution is -0.0782. The van der Waals surface area contributed by atoms with E-state index in [-0.39, 0.29) is 33.7 Å². The predicted molar refractivity (Wildman–Crippen MR) is 115 cm³/mol. The van der Waals surface area contributed by atoms with E-state index in [1.807, 2.05) is 0 Å². The average molecular weight is 470 g/mol. The van der Waals surface area contributed by atoms with Gasteiger partial charge in [-0.05, 0) is 19.1 Å². The molecule has 1 heterocycles. The zero-order valence-corrected chi connectivity index (χ0v) is 18.3. The molecule has 0 saturated heterocycles. The topological polar surface area (TPSA) is 166 Å². The molecular weight excluding hydrogens is 450 g/mol. The molecule has 5 N–H and O–H groups in total. The van der Waals surface area contributed by atoms with Crippen LogP contribution in [0.5, 0.6) is 0 Å². The van der Waals surface area contributed by atoms with E-state index in [2.05, 4.69) is 15.7 Å². The van der Waals surface area contributed by atoms with Crippen LogP contribution in [0.3, 0.4) is 0 Å². The molecule has 0 radical (unpaired) electrons. The number of sulfonamides is 1. The molecule has 2 aromatic carbocycles. The summed E-state index contributed by atoms with van der Waals surface area (Å²) >= 11 is 5.98. The molecule has 2 unspecified atom stereocenters. The summed E-state index contributed by atoms with van der Waals surface area (Å²) in [4.78, 5) is 23.8. The number of hydrogen-bond acceptors (Lipinski definition) is 9. The molecule has 0 saturated carbocycles. The van der Waals surface area contributed by atoms with Gasteiger partial charge in [0.15, 0.2) is 6.29 Å². The number of hydrogen-bond donors (Lipinski definition) is 4. The van der Waals surface area contributed by atoms with Crippen LogP contribution in [0.15, 0.2) is 39.0 Å². The third-order valence-corrected chi connectivity index (χ3v) is 6.09. The average Bonchev–Trinajstić information content (AvgIpc) is 3.15. The Kier molecular flexibility index (Phi) is 6.21. The lowest BCUT2D eigenvalue weighted by Crippen LogP contribution is -2.37. The van der Waals surface area contributed by atoms with E-state index in [1.54, 1.807) is 31.0 Å². The number of methoxy groups -OCH3 is 1. The highest BCUT2D eigenvalue weighted by Gasteiger charge is 2.29. The minimum Gasteiger partial charge on any atom is -0.373 e. The van der Waals surface area contributed by atoms with Gasteiger partial charge in [-0.3, -0.25) is 14.3 Å². The Morgan fingerprint density at radius 2 is 1.90 bits per heavy atom. The van der Waals surface area contributed by atoms with Crippen LogP contribution < -0.4 is 26.6 Å². The molecule has 31 heavy (non-hydrogen) atoms. The normalized spacial score (nSPS) is 13.9. The summed E-state index contributed by atoms with van der Waals surface area (Å²) < 4.78 is 30.5. The van der Waals surface area contributed by atoms with Crippen molar-refractivity contribution in [3.8, 4) is 0 Å². The predicted octanol–water partition coefficient (Wildman–Crippen LogP) is 0.871. The van der Waals surface area contributed by atoms with Crippen molar-refractivity contribution < 1.29 is 18.3 Å². The Balaban J connectivity index is 2.04. The van der Waals surface area contributed by atoms with Crippen LogP contribution >= 0.6 is 11.6 Å². The van der Waals surface area contributed by atoms with E-state index >= 15 is 0 Å². The van der Waals surface area contributed by atoms with E-state index in [0.717, 1.165) is 12.7 Å². The number of halogens is 1. The molecule has 3 rings (SSSR count). The number of nitrogens with one attached hydrogen (secondary N) is 2. The van der Waals surface area contributed by atoms with Gasteiger partial charge in [0, 0.05) is 31.6 Å². The van der Waals surface area contributed by atoms with Crippen LogP contribution in [0.25, 0.3) is 0 Å². The van der Waals surface area contributed by atoms with E-state index in [1.165, 1.54) is 12.1 Å². The van der Waals surface area contributed by atoms with Gasteiger partial charge >= 0.3 is 0 Å². The first kappa shape index (κ1) is 22.9. The third kappa shape index (κ3) is 4.34. The molecule has 13 heteroatoms. The van der Waals surface area contributed by atoms with Gasteiger partial charge in [-0.25, -0.2) is 13.6 Å². The first-order valence-electron chi connectivity index (χ1n) is 8.87. The van der Waals surface area contributed by atoms with Crippen molar-refractivity contribution in [2.45, 2.75) is 24.2 Å². The van der Waals surface area contributed by atoms with Gasteiger partial charge < -0.3 is 20.5 Å². The van der Waals surface area contributed by atoms with Crippen molar-refractivity contribution in [1.29, 1.82) is 0 Å². The van der Waals surface area contributed by atoms with Crippen LogP contribution in [0.2, 0.25) is 5.02 Å². The van der Waals surface area contributed by atoms with Crippen molar-refractivity contribution in [1.82, 2.24) is 9.78 Å². The van der Waals surface area contributed by atoms with Crippen LogP contribution in [0.4, 0.5) is 17.1 Å². The van der Waals surface area contributed by atoms with Crippen molar-refractivity contribution >= 4 is 38.7 Å². The van der Waals surface area contributed by atoms with Gasteiger partial charge in [-0.1, -0.05) is 11.6 Å². The van der Waals surface area contributed by atoms with Crippen LogP contribution in [0, 0.1) is 0 Å². The summed E-state index contributed by atoms with van der Waals surface area (Å²) in [7, 11) is -1.48. The molecule has 0 aliphatic heterocycles. The molecular formula is C18H20ClN5O6S. The van der Waals surface area contributed by atoms with Crippen LogP contribution in [-0.2, 0) is 21.8 Å². The number of anilines is 3. The minimum absolute atomic E-state index is 0.00585. The molecule has 3 aromatic rings. The van der Waals surface area contributed by atoms with Gasteiger partial charge in [0.1, 0.15) is 16.3 Å². The van der Waals surface area contributed by atoms with Gasteiger partial charge in [0.25, 0.3) is 10.9 Å². The van der Waals surface area contributed by atoms with E-state index in [0.29, 0.717) is 0 Å². The fourth-order valence-corrected chi connectivity index (χ4v) is 4.43. The number of aliphatic hydroxyl groups excluding tert-OH is 1. The van der Waals surface area contributed by atoms with Crippen LogP contribution in [0.1, 0.15) is 30.4 Å². The second kappa shape index (κ2) is 8.40. The molecule has 11 nitrogen and oxygen atoms in total. The van der Waals surface area contributed by atoms with E-state index in [9.17, 15) is 23.1 Å². The molecule has 166 valence electrons. The number of primary sulfonamides is 1. The highest BCUT2D eigenvalue weighted by molar-refractivity contribution is 7.89. The third-order valence-electron chi connectivity index (χ3n) is 4.66. The largest absolute Gasteiger partial charge is 0.373 e. The SMILES string of the molecule is COC(O)c1c(Nc2c(NC(C)c3cnn(C)c3)c(=O)c2=O)ccc(Cl)c1S(N)(=O)=O. The summed E-state index contributed by atoms with van der Waals surface area (Å²) in [6.07, 6.45) is 1.63. The lowest BCUT2D eigenvalue weighted by atomic mass is 10.1. The summed E-state index contributed by atoms with van der Waals surface area (Å²) in [6.45, 7) is 1.78. The number of benzene rings is 1. The monoisotopic (exact) mass is 469 g/mol. The molecule has 0 bridgehead atoms. The van der Waals surface area contributed by atoms with Gasteiger partial charge in [-0.15, -0.1) is 0 Å². The van der Waals surface area contributed by atoms with Crippen molar-refractivity contribution in [2.75, 3.05) is 17.7 Å². The van der Waals surface area contributed by atoms with Gasteiger partial charge in [-0.2, -0.15) is 5.10 Å². The molecule has 0 amide bonds. The Hall–Kier alpha value is -2.77. The second-order valence-electron chi connectivity index (χ2n) is 6.82. The fraction of sp³-hybridized carbons (Fsp3) is 0.278. The molecule has 0 spiro atoms. The second-order valence-corrected chi connectivity index (χ2v) is 8.72. The van der Waals surface area contributed by atoms with Gasteiger partial charge in [0.05, 0.1) is 22.8 Å². The zero-order valence-electron chi connectivity index (χ0n) is 16.7. The smallest absolute Gasteiger partial charge is 0.253 e. The highest BCUT2D eigenvalue weighted by atomic mass is 35.5. The summed E-state index contributed by atoms with van der Waals surface area (Å²) in [5.41, 5.74) is -1.19. The first-order valence-corrected chi connectivity index (χ1v) is 10.8. The molecule has 1 aromatic heterocycles. The summed E-state index contributed by atoms with van der Waals surface area (Å²) in [5.74, 6) is 0. The fourth-order valence-electron chi connectivity index (χ4n) is 3.08. The maximum Gasteiger partial charge on any atom is 0.253 e. The summed E-state index contributed by atoms with van der Waals surface area (Å²) in [6, 6.07) is 2.21. The highest BCUT2D eigenvalue weighted by Crippen LogP contribution is 2.37. The Morgan fingerprint density at radius 1 is 1.26 bits per heavy atom. The quantitative estimate of drug-likeness (QED) is 0.276. The van der Waals surface area contributed by atoms with Crippen molar-refractivity contribution in [3.63, 3.8) is 0 Å². The molecule has 0 aliphatic rings. The number of aliphatic hydroxyl groups is 1. The van der Waals surface area contributed by atoms with Crippen LogP contribution in [-0.4, -0.2) is 30.4 Å². The molecule has 0 fully saturated rings. The molecule has 2 atom stereocenters. The van der Waals surface area contributed by atoms with Crippen molar-refractivity contribution in [3.05, 3.63) is 61.1 Å². The maximum atomic E-state index is 12.2. The minimum atomic E-state index is -4.36. The number of aromatic nitrogens is 2. The van der Waals surface area contributed by atoms with E-state index < -0.39 is 32.1 Å². The van der Waals surface area contributed by atoms with Gasteiger partial charge in [0.2, 0.25) is 10.0 Å². The number of nitrogens with zero attached hydrogens (tertiary/aromatic N) is 2. The number of rotatable bonds is 8. The standard InChI is InChI=1S/C18H20ClN5O6S/c1-8(9-6-21-24(2)7-9)22-13-14(16(26)15(13)25)23-11-5-4-10(19)17(31(20,28)29)12(11)18(27)30-3/h4-8,18,22-23,27H,1-3H3,(H2,20,28,29). The lowest BCUT2D eigenvalue weighted by Gasteiger charge is -2.22. The first-order chi connectivity index (χ1) is 14.5. The van der Waals surface area contributed by atoms with E-state index in [4.69, 9.17) is 21.5 Å². The Bertz CT molecular complexity index is 1310. The number of ether oxygens (including phenoxy) is 1. The summed E-state index contributed by atoms with van der Waals surface area (Å²) in [5, 5.41) is 24.9. The maximum absolute atomic E-state index is 12.2. The number of aryl methyl sites for hydroxylation is 1.